The maximum atomic E-state index is 5.69. The smallest absolute Gasteiger partial charge is 0.0797 e. The van der Waals surface area contributed by atoms with Gasteiger partial charge in [-0.3, -0.25) is 9.97 Å². The van der Waals surface area contributed by atoms with E-state index < -0.39 is 0 Å². The van der Waals surface area contributed by atoms with Crippen LogP contribution in [0.4, 0.5) is 5.69 Å². The quantitative estimate of drug-likeness (QED) is 0.560. The second-order valence-electron chi connectivity index (χ2n) is 3.48. The van der Waals surface area contributed by atoms with Crippen LogP contribution in [-0.4, -0.2) is 9.97 Å². The fourth-order valence-electron chi connectivity index (χ4n) is 1.77. The average molecular weight is 195 g/mol. The number of fused-ring (bicyclic) bond motifs is 3. The summed E-state index contributed by atoms with van der Waals surface area (Å²) in [6, 6.07) is 9.84. The molecule has 0 aliphatic rings. The van der Waals surface area contributed by atoms with E-state index in [-0.39, 0.29) is 0 Å². The fraction of sp³-hybridized carbons (Fsp3) is 0. The summed E-state index contributed by atoms with van der Waals surface area (Å²) in [5.41, 5.74) is 8.29. The number of nitrogens with two attached hydrogens (primary N) is 1. The Hall–Kier alpha value is -2.16. The van der Waals surface area contributed by atoms with Gasteiger partial charge >= 0.3 is 0 Å². The number of hydrogen-bond acceptors (Lipinski definition) is 3. The standard InChI is InChI=1S/C12H9N3/c13-9-6-8-3-4-11-10(2-1-5-14-11)12(8)15-7-9/h1-7H,13H2. The SMILES string of the molecule is Nc1cnc2c(ccc3ncccc32)c1. The first-order valence-corrected chi connectivity index (χ1v) is 4.73. The summed E-state index contributed by atoms with van der Waals surface area (Å²) in [6.45, 7) is 0. The lowest BCUT2D eigenvalue weighted by molar-refractivity contribution is 1.39. The van der Waals surface area contributed by atoms with Crippen LogP contribution in [0.2, 0.25) is 0 Å². The molecule has 2 heterocycles. The van der Waals surface area contributed by atoms with E-state index in [9.17, 15) is 0 Å². The first-order valence-electron chi connectivity index (χ1n) is 4.73. The minimum Gasteiger partial charge on any atom is -0.397 e. The first kappa shape index (κ1) is 8.17. The van der Waals surface area contributed by atoms with Gasteiger partial charge in [-0.05, 0) is 24.3 Å². The third-order valence-corrected chi connectivity index (χ3v) is 2.45. The van der Waals surface area contributed by atoms with Gasteiger partial charge in [-0.25, -0.2) is 0 Å². The van der Waals surface area contributed by atoms with E-state index in [4.69, 9.17) is 5.73 Å². The number of pyridine rings is 2. The number of aromatic nitrogens is 2. The molecule has 0 unspecified atom stereocenters. The van der Waals surface area contributed by atoms with Crippen molar-refractivity contribution in [1.82, 2.24) is 9.97 Å². The summed E-state index contributed by atoms with van der Waals surface area (Å²) in [4.78, 5) is 8.63. The van der Waals surface area contributed by atoms with E-state index in [2.05, 4.69) is 9.97 Å². The van der Waals surface area contributed by atoms with Gasteiger partial charge in [0.25, 0.3) is 0 Å². The van der Waals surface area contributed by atoms with Crippen molar-refractivity contribution in [2.45, 2.75) is 0 Å². The molecule has 72 valence electrons. The van der Waals surface area contributed by atoms with Crippen molar-refractivity contribution in [3.05, 3.63) is 42.7 Å². The second kappa shape index (κ2) is 2.92. The number of rotatable bonds is 0. The molecule has 3 rings (SSSR count). The van der Waals surface area contributed by atoms with Gasteiger partial charge in [0.1, 0.15) is 0 Å². The zero-order valence-electron chi connectivity index (χ0n) is 8.01. The van der Waals surface area contributed by atoms with Crippen molar-refractivity contribution in [2.75, 3.05) is 5.73 Å². The van der Waals surface area contributed by atoms with Gasteiger partial charge in [0.15, 0.2) is 0 Å². The van der Waals surface area contributed by atoms with Crippen LogP contribution in [0.15, 0.2) is 42.7 Å². The van der Waals surface area contributed by atoms with Crippen molar-refractivity contribution < 1.29 is 0 Å². The summed E-state index contributed by atoms with van der Waals surface area (Å²) in [5.74, 6) is 0. The monoisotopic (exact) mass is 195 g/mol. The summed E-state index contributed by atoms with van der Waals surface area (Å²) >= 11 is 0. The van der Waals surface area contributed by atoms with E-state index in [1.165, 1.54) is 0 Å². The maximum Gasteiger partial charge on any atom is 0.0797 e. The zero-order valence-corrected chi connectivity index (χ0v) is 8.01. The topological polar surface area (TPSA) is 51.8 Å². The number of anilines is 1. The molecular formula is C12H9N3. The largest absolute Gasteiger partial charge is 0.397 e. The van der Waals surface area contributed by atoms with Crippen LogP contribution in [0.5, 0.6) is 0 Å². The molecule has 1 aromatic carbocycles. The molecule has 0 spiro atoms. The van der Waals surface area contributed by atoms with Gasteiger partial charge in [0.2, 0.25) is 0 Å². The molecule has 2 aromatic heterocycles. The minimum absolute atomic E-state index is 0.686. The van der Waals surface area contributed by atoms with Crippen LogP contribution in [0.25, 0.3) is 21.8 Å². The Morgan fingerprint density at radius 1 is 1.07 bits per heavy atom. The molecule has 0 amide bonds. The van der Waals surface area contributed by atoms with Gasteiger partial charge in [-0.15, -0.1) is 0 Å². The van der Waals surface area contributed by atoms with Crippen LogP contribution >= 0.6 is 0 Å². The molecule has 3 heteroatoms. The number of benzene rings is 1. The van der Waals surface area contributed by atoms with Crippen LogP contribution in [-0.2, 0) is 0 Å². The molecule has 0 saturated carbocycles. The molecule has 3 nitrogen and oxygen atoms in total. The number of nitrogens with zero attached hydrogens (tertiary/aromatic N) is 2. The Morgan fingerprint density at radius 3 is 2.93 bits per heavy atom. The van der Waals surface area contributed by atoms with Crippen LogP contribution in [0.3, 0.4) is 0 Å². The number of nitrogen functional groups attached to an aromatic ring is 1. The summed E-state index contributed by atoms with van der Waals surface area (Å²) in [7, 11) is 0. The average Bonchev–Trinajstić information content (AvgIpc) is 2.28. The van der Waals surface area contributed by atoms with E-state index >= 15 is 0 Å². The summed E-state index contributed by atoms with van der Waals surface area (Å²) < 4.78 is 0. The second-order valence-corrected chi connectivity index (χ2v) is 3.48. The van der Waals surface area contributed by atoms with Crippen LogP contribution in [0.1, 0.15) is 0 Å². The summed E-state index contributed by atoms with van der Waals surface area (Å²) in [6.07, 6.45) is 3.46. The maximum absolute atomic E-state index is 5.69. The molecular weight excluding hydrogens is 186 g/mol. The Morgan fingerprint density at radius 2 is 2.00 bits per heavy atom. The van der Waals surface area contributed by atoms with Gasteiger partial charge < -0.3 is 5.73 Å². The molecule has 0 bridgehead atoms. The highest BCUT2D eigenvalue weighted by atomic mass is 14.7. The zero-order chi connectivity index (χ0) is 10.3. The van der Waals surface area contributed by atoms with E-state index in [0.29, 0.717) is 5.69 Å². The van der Waals surface area contributed by atoms with E-state index in [1.807, 2.05) is 30.3 Å². The molecule has 2 N–H and O–H groups in total. The molecule has 3 aromatic rings. The van der Waals surface area contributed by atoms with Crippen LogP contribution < -0.4 is 5.73 Å². The van der Waals surface area contributed by atoms with Gasteiger partial charge in [-0.1, -0.05) is 6.07 Å². The lowest BCUT2D eigenvalue weighted by Crippen LogP contribution is -1.88. The predicted octanol–water partition coefficient (Wildman–Crippen LogP) is 2.37. The molecule has 0 saturated heterocycles. The van der Waals surface area contributed by atoms with Gasteiger partial charge in [0, 0.05) is 17.0 Å². The highest BCUT2D eigenvalue weighted by Crippen LogP contribution is 2.22. The normalized spacial score (nSPS) is 10.9. The van der Waals surface area contributed by atoms with E-state index in [1.54, 1.807) is 12.4 Å². The Balaban J connectivity index is 2.55. The van der Waals surface area contributed by atoms with Crippen molar-refractivity contribution in [1.29, 1.82) is 0 Å². The predicted molar refractivity (Wildman–Crippen MR) is 61.5 cm³/mol. The van der Waals surface area contributed by atoms with Crippen molar-refractivity contribution in [3.63, 3.8) is 0 Å². The van der Waals surface area contributed by atoms with Crippen LogP contribution in [0, 0.1) is 0 Å². The molecule has 0 aliphatic heterocycles. The molecule has 0 aliphatic carbocycles. The van der Waals surface area contributed by atoms with Crippen molar-refractivity contribution in [2.24, 2.45) is 0 Å². The van der Waals surface area contributed by atoms with Gasteiger partial charge in [-0.2, -0.15) is 0 Å². The van der Waals surface area contributed by atoms with E-state index in [0.717, 1.165) is 21.8 Å². The molecule has 15 heavy (non-hydrogen) atoms. The highest BCUT2D eigenvalue weighted by molar-refractivity contribution is 6.04. The summed E-state index contributed by atoms with van der Waals surface area (Å²) in [5, 5.41) is 2.12. The molecule has 0 radical (unpaired) electrons. The van der Waals surface area contributed by atoms with Gasteiger partial charge in [0.05, 0.1) is 22.9 Å². The Bertz CT molecular complexity index is 646. The lowest BCUT2D eigenvalue weighted by atomic mass is 10.1. The third kappa shape index (κ3) is 1.21. The van der Waals surface area contributed by atoms with Crippen molar-refractivity contribution >= 4 is 27.5 Å². The van der Waals surface area contributed by atoms with Crippen molar-refractivity contribution in [3.8, 4) is 0 Å². The highest BCUT2D eigenvalue weighted by Gasteiger charge is 2.01. The molecule has 0 fully saturated rings. The third-order valence-electron chi connectivity index (χ3n) is 2.45. The minimum atomic E-state index is 0.686. The fourth-order valence-corrected chi connectivity index (χ4v) is 1.77. The number of hydrogen-bond donors (Lipinski definition) is 1. The lowest BCUT2D eigenvalue weighted by Gasteiger charge is -2.02. The Kier molecular flexibility index (Phi) is 1.59. The Labute approximate surface area is 86.6 Å². The first-order chi connectivity index (χ1) is 7.34. The molecule has 0 atom stereocenters.